The van der Waals surface area contributed by atoms with Crippen molar-refractivity contribution in [1.29, 1.82) is 0 Å². The lowest BCUT2D eigenvalue weighted by atomic mass is 9.67. The second kappa shape index (κ2) is 12.4. The number of rotatable bonds is 5. The quantitative estimate of drug-likeness (QED) is 0.168. The minimum atomic E-state index is -0.479. The van der Waals surface area contributed by atoms with E-state index < -0.39 is 5.41 Å². The summed E-state index contributed by atoms with van der Waals surface area (Å²) in [5, 5.41) is 4.51. The van der Waals surface area contributed by atoms with Crippen molar-refractivity contribution >= 4 is 32.6 Å². The van der Waals surface area contributed by atoms with Gasteiger partial charge in [0.05, 0.1) is 27.8 Å². The highest BCUT2D eigenvalue weighted by atomic mass is 14.9. The summed E-state index contributed by atoms with van der Waals surface area (Å²) in [6, 6.07) is 71.5. The van der Waals surface area contributed by atoms with Gasteiger partial charge in [-0.2, -0.15) is 0 Å². The molecule has 0 N–H and O–H groups in total. The van der Waals surface area contributed by atoms with E-state index in [1.54, 1.807) is 0 Å². The molecule has 8 aromatic carbocycles. The molecular formula is C52H33N3. The second-order valence-electron chi connectivity index (χ2n) is 14.3. The molecule has 0 spiro atoms. The molecule has 0 fully saturated rings. The molecule has 2 aromatic heterocycles. The maximum Gasteiger partial charge on any atom is 0.160 e. The lowest BCUT2D eigenvalue weighted by Gasteiger charge is -2.34. The van der Waals surface area contributed by atoms with Gasteiger partial charge in [-0.05, 0) is 63.0 Å². The van der Waals surface area contributed by atoms with E-state index in [-0.39, 0.29) is 0 Å². The average molecular weight is 700 g/mol. The molecule has 0 aliphatic heterocycles. The van der Waals surface area contributed by atoms with Crippen LogP contribution in [0.1, 0.15) is 22.3 Å². The van der Waals surface area contributed by atoms with Gasteiger partial charge in [-0.1, -0.05) is 176 Å². The van der Waals surface area contributed by atoms with Gasteiger partial charge in [-0.3, -0.25) is 0 Å². The van der Waals surface area contributed by atoms with E-state index in [2.05, 4.69) is 182 Å². The number of nitrogens with zero attached hydrogens (tertiary/aromatic N) is 3. The summed E-state index contributed by atoms with van der Waals surface area (Å²) in [5.74, 6) is 0.702. The van der Waals surface area contributed by atoms with Crippen molar-refractivity contribution in [2.24, 2.45) is 0 Å². The van der Waals surface area contributed by atoms with E-state index >= 15 is 0 Å². The van der Waals surface area contributed by atoms with Crippen LogP contribution in [0.25, 0.3) is 77.6 Å². The van der Waals surface area contributed by atoms with Crippen molar-refractivity contribution < 1.29 is 0 Å². The van der Waals surface area contributed by atoms with Crippen LogP contribution in [-0.4, -0.2) is 15.0 Å². The molecule has 10 aromatic rings. The van der Waals surface area contributed by atoms with Crippen LogP contribution in [0.3, 0.4) is 0 Å². The molecule has 0 unspecified atom stereocenters. The summed E-state index contributed by atoms with van der Waals surface area (Å²) in [5.41, 5.74) is 14.0. The summed E-state index contributed by atoms with van der Waals surface area (Å²) in [4.78, 5) is 15.5. The minimum absolute atomic E-state index is 0.479. The number of hydrogen-bond acceptors (Lipinski definition) is 3. The standard InChI is InChI=1S/C52H33N3/c1-4-16-34(17-5-1)49-41-24-12-15-27-48(41)54-51(55-49)36-30-28-35(29-31-36)50-44-32-43-39-22-10-13-25-45(39)52(37-18-6-2-7-19-37,38-20-8-3-9-21-38)46(43)33-42(44)40-23-11-14-26-47(40)53-50/h1-33H. The Bertz CT molecular complexity index is 3030. The Kier molecular flexibility index (Phi) is 7.08. The first kappa shape index (κ1) is 31.3. The Morgan fingerprint density at radius 1 is 0.309 bits per heavy atom. The number of para-hydroxylation sites is 2. The molecule has 0 radical (unpaired) electrons. The molecule has 0 saturated carbocycles. The lowest BCUT2D eigenvalue weighted by Crippen LogP contribution is -2.28. The van der Waals surface area contributed by atoms with Crippen molar-refractivity contribution in [2.75, 3.05) is 0 Å². The zero-order valence-electron chi connectivity index (χ0n) is 29.9. The van der Waals surface area contributed by atoms with Gasteiger partial charge in [0.2, 0.25) is 0 Å². The number of pyridine rings is 1. The molecule has 1 aliphatic rings. The highest BCUT2D eigenvalue weighted by molar-refractivity contribution is 6.13. The van der Waals surface area contributed by atoms with Gasteiger partial charge < -0.3 is 0 Å². The number of hydrogen-bond donors (Lipinski definition) is 0. The van der Waals surface area contributed by atoms with E-state index in [4.69, 9.17) is 15.0 Å². The summed E-state index contributed by atoms with van der Waals surface area (Å²) in [7, 11) is 0. The topological polar surface area (TPSA) is 38.7 Å². The Morgan fingerprint density at radius 3 is 1.55 bits per heavy atom. The van der Waals surface area contributed by atoms with Gasteiger partial charge in [0.1, 0.15) is 0 Å². The minimum Gasteiger partial charge on any atom is -0.247 e. The SMILES string of the molecule is c1ccc(-c2nc(-c3ccc(-c4nc5ccccc5c5cc6c(cc45)-c4ccccc4C6(c4ccccc4)c4ccccc4)cc3)nc3ccccc23)cc1. The van der Waals surface area contributed by atoms with Gasteiger partial charge in [-0.25, -0.2) is 15.0 Å². The fourth-order valence-electron chi connectivity index (χ4n) is 8.91. The summed E-state index contributed by atoms with van der Waals surface area (Å²) >= 11 is 0. The van der Waals surface area contributed by atoms with Crippen LogP contribution in [0.4, 0.5) is 0 Å². The van der Waals surface area contributed by atoms with Gasteiger partial charge in [0.15, 0.2) is 5.82 Å². The van der Waals surface area contributed by atoms with Crippen molar-refractivity contribution in [3.05, 3.63) is 222 Å². The van der Waals surface area contributed by atoms with Crippen LogP contribution in [0.2, 0.25) is 0 Å². The van der Waals surface area contributed by atoms with Crippen molar-refractivity contribution in [2.45, 2.75) is 5.41 Å². The highest BCUT2D eigenvalue weighted by Crippen LogP contribution is 2.57. The van der Waals surface area contributed by atoms with Crippen LogP contribution < -0.4 is 0 Å². The molecule has 11 rings (SSSR count). The molecule has 0 saturated heterocycles. The molecule has 3 nitrogen and oxygen atoms in total. The molecule has 0 bridgehead atoms. The van der Waals surface area contributed by atoms with E-state index in [9.17, 15) is 0 Å². The Hall–Kier alpha value is -7.23. The fourth-order valence-corrected chi connectivity index (χ4v) is 8.91. The average Bonchev–Trinajstić information content (AvgIpc) is 3.56. The molecule has 55 heavy (non-hydrogen) atoms. The van der Waals surface area contributed by atoms with Gasteiger partial charge in [0.25, 0.3) is 0 Å². The zero-order chi connectivity index (χ0) is 36.3. The maximum absolute atomic E-state index is 5.37. The van der Waals surface area contributed by atoms with Crippen LogP contribution in [0.15, 0.2) is 200 Å². The third-order valence-corrected chi connectivity index (χ3v) is 11.3. The van der Waals surface area contributed by atoms with Crippen molar-refractivity contribution in [1.82, 2.24) is 15.0 Å². The van der Waals surface area contributed by atoms with Crippen LogP contribution in [-0.2, 0) is 5.41 Å². The van der Waals surface area contributed by atoms with Gasteiger partial charge in [0, 0.05) is 32.8 Å². The molecule has 0 atom stereocenters. The largest absolute Gasteiger partial charge is 0.247 e. The second-order valence-corrected chi connectivity index (χ2v) is 14.3. The molecule has 0 amide bonds. The summed E-state index contributed by atoms with van der Waals surface area (Å²) in [6.45, 7) is 0. The van der Waals surface area contributed by atoms with Crippen LogP contribution >= 0.6 is 0 Å². The smallest absolute Gasteiger partial charge is 0.160 e. The predicted molar refractivity (Wildman–Crippen MR) is 226 cm³/mol. The first-order chi connectivity index (χ1) is 27.3. The summed E-state index contributed by atoms with van der Waals surface area (Å²) in [6.07, 6.45) is 0. The third kappa shape index (κ3) is 4.80. The van der Waals surface area contributed by atoms with E-state index in [0.717, 1.165) is 55.3 Å². The Morgan fingerprint density at radius 2 is 0.836 bits per heavy atom. The first-order valence-corrected chi connectivity index (χ1v) is 18.8. The summed E-state index contributed by atoms with van der Waals surface area (Å²) < 4.78 is 0. The monoisotopic (exact) mass is 699 g/mol. The first-order valence-electron chi connectivity index (χ1n) is 18.8. The third-order valence-electron chi connectivity index (χ3n) is 11.3. The number of fused-ring (bicyclic) bond motifs is 7. The molecular weight excluding hydrogens is 667 g/mol. The maximum atomic E-state index is 5.37. The van der Waals surface area contributed by atoms with E-state index in [1.807, 2.05) is 18.2 Å². The molecule has 3 heteroatoms. The van der Waals surface area contributed by atoms with Crippen molar-refractivity contribution in [3.63, 3.8) is 0 Å². The molecule has 1 aliphatic carbocycles. The zero-order valence-corrected chi connectivity index (χ0v) is 29.9. The van der Waals surface area contributed by atoms with E-state index in [0.29, 0.717) is 5.82 Å². The molecule has 256 valence electrons. The van der Waals surface area contributed by atoms with E-state index in [1.165, 1.54) is 38.8 Å². The lowest BCUT2D eigenvalue weighted by molar-refractivity contribution is 0.769. The van der Waals surface area contributed by atoms with Gasteiger partial charge in [-0.15, -0.1) is 0 Å². The van der Waals surface area contributed by atoms with Crippen LogP contribution in [0, 0.1) is 0 Å². The van der Waals surface area contributed by atoms with Gasteiger partial charge >= 0.3 is 0 Å². The van der Waals surface area contributed by atoms with Crippen LogP contribution in [0.5, 0.6) is 0 Å². The predicted octanol–water partition coefficient (Wildman–Crippen LogP) is 12.7. The Balaban J connectivity index is 1.13. The molecule has 2 heterocycles. The fraction of sp³-hybridized carbons (Fsp3) is 0.0192. The number of benzene rings is 8. The number of aromatic nitrogens is 3. The Labute approximate surface area is 319 Å². The normalized spacial score (nSPS) is 12.9. The highest BCUT2D eigenvalue weighted by Gasteiger charge is 2.46. The van der Waals surface area contributed by atoms with Crippen molar-refractivity contribution in [3.8, 4) is 45.0 Å².